The summed E-state index contributed by atoms with van der Waals surface area (Å²) < 4.78 is 0. The van der Waals surface area contributed by atoms with Crippen LogP contribution in [0.25, 0.3) is 0 Å². The molecule has 0 aromatic rings. The fourth-order valence-corrected chi connectivity index (χ4v) is 0. The Morgan fingerprint density at radius 1 is 1.62 bits per heavy atom. The van der Waals surface area contributed by atoms with Crippen molar-refractivity contribution in [2.24, 2.45) is 0 Å². The molecule has 0 aromatic carbocycles. The summed E-state index contributed by atoms with van der Waals surface area (Å²) in [6.45, 7) is 6.28. The Morgan fingerprint density at radius 2 is 1.75 bits per heavy atom. The summed E-state index contributed by atoms with van der Waals surface area (Å²) >= 11 is 0. The molecule has 0 aliphatic carbocycles. The summed E-state index contributed by atoms with van der Waals surface area (Å²) in [5, 5.41) is 7.60. The third kappa shape index (κ3) is 54.2. The molecule has 0 radical (unpaired) electrons. The zero-order chi connectivity index (χ0) is 6.99. The van der Waals surface area contributed by atoms with Gasteiger partial charge in [-0.2, -0.15) is 0 Å². The molecule has 0 saturated heterocycles. The van der Waals surface area contributed by atoms with Crippen LogP contribution in [-0.4, -0.2) is 11.1 Å². The van der Waals surface area contributed by atoms with Gasteiger partial charge < -0.3 is 5.11 Å². The van der Waals surface area contributed by atoms with E-state index >= 15 is 0 Å². The van der Waals surface area contributed by atoms with Crippen LogP contribution in [0, 0.1) is 0 Å². The zero-order valence-electron chi connectivity index (χ0n) is 4.50. The molecule has 0 heterocycles. The third-order valence-corrected chi connectivity index (χ3v) is 0.175. The number of hydrogen-bond donors (Lipinski definition) is 1. The normalized spacial score (nSPS) is 5.62. The van der Waals surface area contributed by atoms with Crippen LogP contribution in [0.15, 0.2) is 25.1 Å². The first-order valence-corrected chi connectivity index (χ1v) is 2.53. The third-order valence-electron chi connectivity index (χ3n) is 0.175. The Balaban J connectivity index is 0. The van der Waals surface area contributed by atoms with Gasteiger partial charge in [-0.15, -0.1) is 9.24 Å². The number of carbonyl (C=O) groups is 1. The van der Waals surface area contributed by atoms with Gasteiger partial charge in [0.15, 0.2) is 0 Å². The predicted octanol–water partition coefficient (Wildman–Crippen LogP) is 1.26. The van der Waals surface area contributed by atoms with E-state index in [1.807, 2.05) is 0 Å². The Labute approximate surface area is 51.1 Å². The first-order valence-electron chi connectivity index (χ1n) is 1.87. The van der Waals surface area contributed by atoms with Crippen LogP contribution in [0.3, 0.4) is 0 Å². The van der Waals surface area contributed by atoms with E-state index < -0.39 is 5.97 Å². The maximum absolute atomic E-state index is 9.25. The minimum Gasteiger partial charge on any atom is -0.478 e. The molecule has 2 nitrogen and oxygen atoms in total. The van der Waals surface area contributed by atoms with Crippen molar-refractivity contribution >= 4 is 15.2 Å². The van der Waals surface area contributed by atoms with Crippen LogP contribution in [-0.2, 0) is 4.79 Å². The van der Waals surface area contributed by atoms with Gasteiger partial charge in [0.05, 0.1) is 0 Å². The average molecular weight is 132 g/mol. The van der Waals surface area contributed by atoms with Crippen molar-refractivity contribution in [3.05, 3.63) is 25.1 Å². The summed E-state index contributed by atoms with van der Waals surface area (Å²) in [5.41, 5.74) is 0. The quantitative estimate of drug-likeness (QED) is 0.430. The highest BCUT2D eigenvalue weighted by Gasteiger charge is 1.73. The predicted molar refractivity (Wildman–Crippen MR) is 37.7 cm³/mol. The molecule has 1 unspecified atom stereocenters. The van der Waals surface area contributed by atoms with Crippen molar-refractivity contribution in [3.8, 4) is 0 Å². The highest BCUT2D eigenvalue weighted by Crippen LogP contribution is 1.69. The van der Waals surface area contributed by atoms with E-state index in [1.165, 1.54) is 0 Å². The van der Waals surface area contributed by atoms with Crippen LogP contribution in [0.5, 0.6) is 0 Å². The van der Waals surface area contributed by atoms with Gasteiger partial charge in [-0.3, -0.25) is 0 Å². The average Bonchev–Trinajstić information content (AvgIpc) is 1.69. The Hall–Kier alpha value is -0.620. The number of carboxylic acids is 1. The second kappa shape index (κ2) is 9.63. The molecule has 0 spiro atoms. The van der Waals surface area contributed by atoms with Crippen LogP contribution in [0.1, 0.15) is 0 Å². The van der Waals surface area contributed by atoms with Crippen LogP contribution in [0.4, 0.5) is 0 Å². The smallest absolute Gasteiger partial charge is 0.327 e. The van der Waals surface area contributed by atoms with Gasteiger partial charge in [0.25, 0.3) is 0 Å². The summed E-state index contributed by atoms with van der Waals surface area (Å²) in [6.07, 6.45) is 0.833. The van der Waals surface area contributed by atoms with Gasteiger partial charge in [0.1, 0.15) is 0 Å². The van der Waals surface area contributed by atoms with Crippen molar-refractivity contribution < 1.29 is 9.90 Å². The Kier molecular flexibility index (Phi) is 12.5. The van der Waals surface area contributed by atoms with E-state index in [9.17, 15) is 4.79 Å². The van der Waals surface area contributed by atoms with E-state index in [0.717, 1.165) is 6.08 Å². The molecule has 0 amide bonds. The van der Waals surface area contributed by atoms with Crippen molar-refractivity contribution in [2.45, 2.75) is 0 Å². The Bertz CT molecular complexity index is 88.4. The molecule has 0 fully saturated rings. The summed E-state index contributed by atoms with van der Waals surface area (Å²) in [4.78, 5) is 9.25. The molecule has 0 saturated carbocycles. The second-order valence-corrected chi connectivity index (χ2v) is 1.25. The summed E-state index contributed by atoms with van der Waals surface area (Å²) in [5.74, 6) is 0.685. The molecule has 3 heteroatoms. The number of aliphatic carboxylic acids is 1. The molecule has 0 aliphatic heterocycles. The molecular weight excluding hydrogens is 123 g/mol. The molecule has 8 heavy (non-hydrogen) atoms. The van der Waals surface area contributed by atoms with Gasteiger partial charge >= 0.3 is 5.97 Å². The van der Waals surface area contributed by atoms with Crippen molar-refractivity contribution in [1.29, 1.82) is 0 Å². The van der Waals surface area contributed by atoms with E-state index in [-0.39, 0.29) is 0 Å². The standard InChI is InChI=1S/C3H4O2.C2H5P/c1-2-3(4)5;1-2-3/h2H,1H2,(H,4,5);2H,1,3H2. The maximum Gasteiger partial charge on any atom is 0.327 e. The lowest BCUT2D eigenvalue weighted by atomic mass is 10.7. The first-order chi connectivity index (χ1) is 3.68. The van der Waals surface area contributed by atoms with E-state index in [0.29, 0.717) is 0 Å². The molecular formula is C5H9O2P. The van der Waals surface area contributed by atoms with Crippen molar-refractivity contribution in [1.82, 2.24) is 0 Å². The van der Waals surface area contributed by atoms with Gasteiger partial charge in [0.2, 0.25) is 0 Å². The molecule has 0 rings (SSSR count). The van der Waals surface area contributed by atoms with Gasteiger partial charge in [0, 0.05) is 6.08 Å². The highest BCUT2D eigenvalue weighted by atomic mass is 31.0. The van der Waals surface area contributed by atoms with E-state index in [1.54, 1.807) is 5.82 Å². The maximum atomic E-state index is 9.25. The lowest BCUT2D eigenvalue weighted by Gasteiger charge is -1.64. The topological polar surface area (TPSA) is 37.3 Å². The molecule has 1 N–H and O–H groups in total. The zero-order valence-corrected chi connectivity index (χ0v) is 5.66. The highest BCUT2D eigenvalue weighted by molar-refractivity contribution is 7.20. The van der Waals surface area contributed by atoms with Gasteiger partial charge in [-0.25, -0.2) is 4.79 Å². The van der Waals surface area contributed by atoms with Gasteiger partial charge in [-0.05, 0) is 0 Å². The first kappa shape index (κ1) is 10.4. The largest absolute Gasteiger partial charge is 0.478 e. The fourth-order valence-electron chi connectivity index (χ4n) is 0. The van der Waals surface area contributed by atoms with Gasteiger partial charge in [-0.1, -0.05) is 19.0 Å². The summed E-state index contributed by atoms with van der Waals surface area (Å²) in [6, 6.07) is 0. The lowest BCUT2D eigenvalue weighted by Crippen LogP contribution is -1.82. The SMILES string of the molecule is C=CC(=O)O.C=CP. The fraction of sp³-hybridized carbons (Fsp3) is 0. The van der Waals surface area contributed by atoms with Crippen LogP contribution < -0.4 is 0 Å². The van der Waals surface area contributed by atoms with Crippen molar-refractivity contribution in [2.75, 3.05) is 0 Å². The van der Waals surface area contributed by atoms with Crippen molar-refractivity contribution in [3.63, 3.8) is 0 Å². The van der Waals surface area contributed by atoms with E-state index in [4.69, 9.17) is 5.11 Å². The minimum atomic E-state index is -0.981. The Morgan fingerprint density at radius 3 is 1.75 bits per heavy atom. The lowest BCUT2D eigenvalue weighted by molar-refractivity contribution is -0.131. The number of rotatable bonds is 1. The molecule has 0 bridgehead atoms. The molecule has 46 valence electrons. The number of hydrogen-bond acceptors (Lipinski definition) is 1. The van der Waals surface area contributed by atoms with Crippen LogP contribution >= 0.6 is 9.24 Å². The number of carboxylic acid groups (broad SMARTS) is 1. The second-order valence-electron chi connectivity index (χ2n) is 0.778. The molecule has 0 aromatic heterocycles. The monoisotopic (exact) mass is 132 g/mol. The molecule has 0 aliphatic rings. The summed E-state index contributed by atoms with van der Waals surface area (Å²) in [7, 11) is 2.34. The molecule has 1 atom stereocenters. The van der Waals surface area contributed by atoms with Crippen LogP contribution in [0.2, 0.25) is 0 Å². The minimum absolute atomic E-state index is 0.833. The van der Waals surface area contributed by atoms with E-state index in [2.05, 4.69) is 22.4 Å².